The molecule has 2 heteroatoms. The largest absolute Gasteiger partial charge is 0.380 e. The Balaban J connectivity index is 1.94. The monoisotopic (exact) mass is 263 g/mol. The van der Waals surface area contributed by atoms with Crippen molar-refractivity contribution in [2.24, 2.45) is 11.8 Å². The van der Waals surface area contributed by atoms with E-state index in [9.17, 15) is 4.39 Å². The molecule has 1 fully saturated rings. The van der Waals surface area contributed by atoms with Gasteiger partial charge in [0, 0.05) is 6.04 Å². The normalized spacial score (nSPS) is 23.6. The molecule has 1 aromatic carbocycles. The van der Waals surface area contributed by atoms with Crippen molar-refractivity contribution in [1.29, 1.82) is 0 Å². The standard InChI is InChI=1S/C17H26FN/c1-12(2)9-14-5-4-6-15(11-14)19-17-8-7-13(3)10-16(17)18/h7-8,10,12,14-15,19H,4-6,9,11H2,1-3H3. The fourth-order valence-corrected chi connectivity index (χ4v) is 3.26. The first-order valence-electron chi connectivity index (χ1n) is 7.57. The van der Waals surface area contributed by atoms with Gasteiger partial charge in [-0.05, 0) is 55.7 Å². The van der Waals surface area contributed by atoms with Gasteiger partial charge in [-0.2, -0.15) is 0 Å². The highest BCUT2D eigenvalue weighted by atomic mass is 19.1. The molecule has 19 heavy (non-hydrogen) atoms. The molecule has 1 aromatic rings. The van der Waals surface area contributed by atoms with Gasteiger partial charge < -0.3 is 5.32 Å². The van der Waals surface area contributed by atoms with Crippen molar-refractivity contribution in [2.75, 3.05) is 5.32 Å². The minimum Gasteiger partial charge on any atom is -0.380 e. The first-order valence-corrected chi connectivity index (χ1v) is 7.57. The van der Waals surface area contributed by atoms with Crippen LogP contribution in [0.2, 0.25) is 0 Å². The van der Waals surface area contributed by atoms with E-state index < -0.39 is 0 Å². The lowest BCUT2D eigenvalue weighted by Crippen LogP contribution is -2.28. The van der Waals surface area contributed by atoms with Gasteiger partial charge >= 0.3 is 0 Å². The smallest absolute Gasteiger partial charge is 0.146 e. The summed E-state index contributed by atoms with van der Waals surface area (Å²) in [6.07, 6.45) is 6.26. The maximum absolute atomic E-state index is 13.9. The molecule has 1 aliphatic carbocycles. The van der Waals surface area contributed by atoms with Crippen LogP contribution in [-0.2, 0) is 0 Å². The molecule has 1 nitrogen and oxygen atoms in total. The summed E-state index contributed by atoms with van der Waals surface area (Å²) in [6, 6.07) is 5.89. The zero-order valence-electron chi connectivity index (χ0n) is 12.4. The van der Waals surface area contributed by atoms with E-state index in [2.05, 4.69) is 19.2 Å². The molecule has 2 unspecified atom stereocenters. The SMILES string of the molecule is Cc1ccc(NC2CCCC(CC(C)C)C2)c(F)c1. The van der Waals surface area contributed by atoms with Crippen LogP contribution in [0, 0.1) is 24.6 Å². The lowest BCUT2D eigenvalue weighted by atomic mass is 9.81. The van der Waals surface area contributed by atoms with E-state index in [-0.39, 0.29) is 5.82 Å². The molecule has 0 aliphatic heterocycles. The third-order valence-corrected chi connectivity index (χ3v) is 4.07. The average Bonchev–Trinajstić information content (AvgIpc) is 2.32. The van der Waals surface area contributed by atoms with Gasteiger partial charge in [0.05, 0.1) is 5.69 Å². The van der Waals surface area contributed by atoms with Crippen molar-refractivity contribution in [3.8, 4) is 0 Å². The summed E-state index contributed by atoms with van der Waals surface area (Å²) in [5, 5.41) is 3.40. The topological polar surface area (TPSA) is 12.0 Å². The van der Waals surface area contributed by atoms with Crippen LogP contribution in [0.25, 0.3) is 0 Å². The summed E-state index contributed by atoms with van der Waals surface area (Å²) in [4.78, 5) is 0. The van der Waals surface area contributed by atoms with Crippen LogP contribution in [0.5, 0.6) is 0 Å². The van der Waals surface area contributed by atoms with Crippen LogP contribution >= 0.6 is 0 Å². The summed E-state index contributed by atoms with van der Waals surface area (Å²) >= 11 is 0. The van der Waals surface area contributed by atoms with Crippen LogP contribution in [0.15, 0.2) is 18.2 Å². The highest BCUT2D eigenvalue weighted by Gasteiger charge is 2.23. The minimum atomic E-state index is -0.119. The van der Waals surface area contributed by atoms with E-state index in [1.807, 2.05) is 19.1 Å². The molecule has 0 saturated heterocycles. The summed E-state index contributed by atoms with van der Waals surface area (Å²) in [7, 11) is 0. The Hall–Kier alpha value is -1.05. The van der Waals surface area contributed by atoms with Gasteiger partial charge in [-0.3, -0.25) is 0 Å². The van der Waals surface area contributed by atoms with Gasteiger partial charge in [0.15, 0.2) is 0 Å². The second-order valence-electron chi connectivity index (χ2n) is 6.49. The van der Waals surface area contributed by atoms with E-state index >= 15 is 0 Å². The number of anilines is 1. The minimum absolute atomic E-state index is 0.119. The average molecular weight is 263 g/mol. The number of hydrogen-bond donors (Lipinski definition) is 1. The van der Waals surface area contributed by atoms with E-state index in [4.69, 9.17) is 0 Å². The predicted molar refractivity (Wildman–Crippen MR) is 80.0 cm³/mol. The Labute approximate surface area is 116 Å². The number of rotatable bonds is 4. The fraction of sp³-hybridized carbons (Fsp3) is 0.647. The molecule has 0 amide bonds. The van der Waals surface area contributed by atoms with Crippen molar-refractivity contribution in [3.63, 3.8) is 0 Å². The van der Waals surface area contributed by atoms with Crippen LogP contribution < -0.4 is 5.32 Å². The molecule has 1 saturated carbocycles. The lowest BCUT2D eigenvalue weighted by molar-refractivity contribution is 0.288. The summed E-state index contributed by atoms with van der Waals surface area (Å²) < 4.78 is 13.9. The van der Waals surface area contributed by atoms with E-state index in [1.165, 1.54) is 32.1 Å². The Bertz CT molecular complexity index is 414. The molecule has 0 spiro atoms. The first kappa shape index (κ1) is 14.4. The van der Waals surface area contributed by atoms with Gasteiger partial charge in [-0.1, -0.05) is 32.8 Å². The van der Waals surface area contributed by atoms with Gasteiger partial charge in [0.1, 0.15) is 5.82 Å². The zero-order chi connectivity index (χ0) is 13.8. The van der Waals surface area contributed by atoms with Gasteiger partial charge in [0.25, 0.3) is 0 Å². The van der Waals surface area contributed by atoms with E-state index in [0.717, 1.165) is 17.4 Å². The van der Waals surface area contributed by atoms with Crippen molar-refractivity contribution in [3.05, 3.63) is 29.6 Å². The Morgan fingerprint density at radius 1 is 1.32 bits per heavy atom. The Morgan fingerprint density at radius 3 is 2.79 bits per heavy atom. The van der Waals surface area contributed by atoms with Crippen molar-refractivity contribution in [2.45, 2.75) is 58.9 Å². The zero-order valence-corrected chi connectivity index (χ0v) is 12.4. The molecule has 0 radical (unpaired) electrons. The Kier molecular flexibility index (Phi) is 4.84. The number of hydrogen-bond acceptors (Lipinski definition) is 1. The molecule has 2 atom stereocenters. The molecule has 0 aromatic heterocycles. The van der Waals surface area contributed by atoms with Crippen LogP contribution in [0.4, 0.5) is 10.1 Å². The number of benzene rings is 1. The molecule has 1 aliphatic rings. The van der Waals surface area contributed by atoms with Crippen molar-refractivity contribution < 1.29 is 4.39 Å². The van der Waals surface area contributed by atoms with Crippen LogP contribution in [0.1, 0.15) is 51.5 Å². The predicted octanol–water partition coefficient (Wildman–Crippen LogP) is 5.15. The Morgan fingerprint density at radius 2 is 2.11 bits per heavy atom. The van der Waals surface area contributed by atoms with Crippen LogP contribution in [0.3, 0.4) is 0 Å². The van der Waals surface area contributed by atoms with Gasteiger partial charge in [-0.25, -0.2) is 4.39 Å². The number of halogens is 1. The number of nitrogens with one attached hydrogen (secondary N) is 1. The molecule has 1 N–H and O–H groups in total. The fourth-order valence-electron chi connectivity index (χ4n) is 3.26. The lowest BCUT2D eigenvalue weighted by Gasteiger charge is -2.31. The quantitative estimate of drug-likeness (QED) is 0.792. The summed E-state index contributed by atoms with van der Waals surface area (Å²) in [5.41, 5.74) is 1.64. The van der Waals surface area contributed by atoms with E-state index in [1.54, 1.807) is 6.07 Å². The van der Waals surface area contributed by atoms with E-state index in [0.29, 0.717) is 11.7 Å². The molecule has 106 valence electrons. The van der Waals surface area contributed by atoms with Gasteiger partial charge in [0.2, 0.25) is 0 Å². The van der Waals surface area contributed by atoms with Gasteiger partial charge in [-0.15, -0.1) is 0 Å². The van der Waals surface area contributed by atoms with Crippen LogP contribution in [-0.4, -0.2) is 6.04 Å². The van der Waals surface area contributed by atoms with Crippen molar-refractivity contribution in [1.82, 2.24) is 0 Å². The maximum atomic E-state index is 13.9. The molecular weight excluding hydrogens is 237 g/mol. The third-order valence-electron chi connectivity index (χ3n) is 4.07. The first-order chi connectivity index (χ1) is 9.04. The molecular formula is C17H26FN. The number of aryl methyl sites for hydroxylation is 1. The molecule has 0 bridgehead atoms. The van der Waals surface area contributed by atoms with Crippen molar-refractivity contribution >= 4 is 5.69 Å². The highest BCUT2D eigenvalue weighted by Crippen LogP contribution is 2.31. The summed E-state index contributed by atoms with van der Waals surface area (Å²) in [5.74, 6) is 1.45. The second kappa shape index (κ2) is 6.40. The molecule has 0 heterocycles. The second-order valence-corrected chi connectivity index (χ2v) is 6.49. The molecule has 2 rings (SSSR count). The summed E-state index contributed by atoms with van der Waals surface area (Å²) in [6.45, 7) is 6.50. The third kappa shape index (κ3) is 4.22. The maximum Gasteiger partial charge on any atom is 0.146 e. The highest BCUT2D eigenvalue weighted by molar-refractivity contribution is 5.47.